The summed E-state index contributed by atoms with van der Waals surface area (Å²) in [4.78, 5) is 11.1. The summed E-state index contributed by atoms with van der Waals surface area (Å²) in [6, 6.07) is 3.38. The Kier molecular flexibility index (Phi) is 2.47. The minimum absolute atomic E-state index is 0.410. The van der Waals surface area contributed by atoms with Crippen LogP contribution in [0.1, 0.15) is 19.3 Å². The monoisotopic (exact) mass is 231 g/mol. The van der Waals surface area contributed by atoms with Crippen LogP contribution in [0.4, 0.5) is 5.95 Å². The predicted molar refractivity (Wildman–Crippen MR) is 62.4 cm³/mol. The van der Waals surface area contributed by atoms with E-state index in [2.05, 4.69) is 15.1 Å². The molecule has 6 heteroatoms. The zero-order valence-electron chi connectivity index (χ0n) is 9.41. The van der Waals surface area contributed by atoms with Crippen LogP contribution >= 0.6 is 0 Å². The number of aromatic nitrogens is 4. The number of rotatable bonds is 1. The molecule has 0 atom stereocenters. The van der Waals surface area contributed by atoms with Gasteiger partial charge in [0.1, 0.15) is 0 Å². The first-order chi connectivity index (χ1) is 8.34. The summed E-state index contributed by atoms with van der Waals surface area (Å²) < 4.78 is 0. The molecular weight excluding hydrogens is 218 g/mol. The zero-order chi connectivity index (χ0) is 11.7. The standard InChI is InChI=1S/C11H13N5O/c17-16-9-5-4-6-12-10(9)13-11(14-16)15-7-2-1-3-8-15/h4-6H,1-3,7-8H2. The number of pyridine rings is 1. The van der Waals surface area contributed by atoms with Crippen molar-refractivity contribution in [1.29, 1.82) is 0 Å². The van der Waals surface area contributed by atoms with E-state index >= 15 is 0 Å². The van der Waals surface area contributed by atoms with Gasteiger partial charge in [0, 0.05) is 25.4 Å². The maximum atomic E-state index is 11.7. The zero-order valence-corrected chi connectivity index (χ0v) is 9.41. The molecule has 1 fully saturated rings. The third-order valence-electron chi connectivity index (χ3n) is 3.00. The quantitative estimate of drug-likeness (QED) is 0.532. The fourth-order valence-corrected chi connectivity index (χ4v) is 2.10. The van der Waals surface area contributed by atoms with E-state index in [-0.39, 0.29) is 0 Å². The Bertz CT molecular complexity index is 538. The van der Waals surface area contributed by atoms with Crippen molar-refractivity contribution in [2.24, 2.45) is 0 Å². The molecule has 3 heterocycles. The fraction of sp³-hybridized carbons (Fsp3) is 0.455. The predicted octanol–water partition coefficient (Wildman–Crippen LogP) is 0.648. The molecule has 0 radical (unpaired) electrons. The van der Waals surface area contributed by atoms with Gasteiger partial charge in [-0.1, -0.05) is 0 Å². The summed E-state index contributed by atoms with van der Waals surface area (Å²) >= 11 is 0. The second-order valence-electron chi connectivity index (χ2n) is 4.18. The van der Waals surface area contributed by atoms with Crippen LogP contribution in [-0.2, 0) is 0 Å². The molecule has 1 saturated heterocycles. The third kappa shape index (κ3) is 1.86. The molecule has 0 bridgehead atoms. The van der Waals surface area contributed by atoms with Crippen molar-refractivity contribution in [2.75, 3.05) is 18.0 Å². The molecule has 0 N–H and O–H groups in total. The molecule has 0 saturated carbocycles. The third-order valence-corrected chi connectivity index (χ3v) is 3.00. The van der Waals surface area contributed by atoms with Crippen LogP contribution in [0.5, 0.6) is 0 Å². The molecule has 0 aromatic carbocycles. The largest absolute Gasteiger partial charge is 0.594 e. The lowest BCUT2D eigenvalue weighted by molar-refractivity contribution is -0.642. The van der Waals surface area contributed by atoms with Crippen LogP contribution in [0.15, 0.2) is 18.3 Å². The molecule has 0 aliphatic carbocycles. The molecule has 1 aliphatic rings. The molecule has 2 aromatic rings. The van der Waals surface area contributed by atoms with E-state index in [1.54, 1.807) is 18.3 Å². The Balaban J connectivity index is 2.05. The van der Waals surface area contributed by atoms with Crippen molar-refractivity contribution in [3.05, 3.63) is 23.5 Å². The van der Waals surface area contributed by atoms with Crippen LogP contribution in [0.2, 0.25) is 0 Å². The Morgan fingerprint density at radius 1 is 1.24 bits per heavy atom. The Morgan fingerprint density at radius 3 is 2.88 bits per heavy atom. The highest BCUT2D eigenvalue weighted by Gasteiger charge is 2.18. The molecular formula is C11H13N5O. The number of nitrogens with zero attached hydrogens (tertiary/aromatic N) is 5. The molecule has 3 rings (SSSR count). The highest BCUT2D eigenvalue weighted by molar-refractivity contribution is 5.66. The molecule has 0 spiro atoms. The first-order valence-corrected chi connectivity index (χ1v) is 5.82. The van der Waals surface area contributed by atoms with Crippen LogP contribution in [0.3, 0.4) is 0 Å². The minimum atomic E-state index is 0.410. The summed E-state index contributed by atoms with van der Waals surface area (Å²) in [5, 5.41) is 15.7. The number of piperidine rings is 1. The van der Waals surface area contributed by atoms with Crippen LogP contribution in [0.25, 0.3) is 11.2 Å². The summed E-state index contributed by atoms with van der Waals surface area (Å²) in [5.41, 5.74) is 0.867. The normalized spacial score (nSPS) is 16.4. The van der Waals surface area contributed by atoms with Crippen molar-refractivity contribution in [3.63, 3.8) is 0 Å². The van der Waals surface area contributed by atoms with Gasteiger partial charge in [0.25, 0.3) is 11.5 Å². The van der Waals surface area contributed by atoms with Gasteiger partial charge < -0.3 is 10.1 Å². The van der Waals surface area contributed by atoms with Crippen LogP contribution < -0.4 is 9.75 Å². The van der Waals surface area contributed by atoms with Crippen molar-refractivity contribution in [3.8, 4) is 0 Å². The Hall–Kier alpha value is -1.98. The lowest BCUT2D eigenvalue weighted by Crippen LogP contribution is -2.38. The SMILES string of the molecule is [O-][n+]1nc(N2CCCCC2)nc2ncccc21. The number of hydrogen-bond acceptors (Lipinski definition) is 5. The summed E-state index contributed by atoms with van der Waals surface area (Å²) in [5.74, 6) is 0.492. The van der Waals surface area contributed by atoms with E-state index in [9.17, 15) is 5.21 Å². The van der Waals surface area contributed by atoms with Crippen LogP contribution in [-0.4, -0.2) is 28.2 Å². The molecule has 2 aromatic heterocycles. The maximum Gasteiger partial charge on any atom is 0.294 e. The fourth-order valence-electron chi connectivity index (χ4n) is 2.10. The molecule has 6 nitrogen and oxygen atoms in total. The van der Waals surface area contributed by atoms with E-state index in [0.29, 0.717) is 22.0 Å². The lowest BCUT2D eigenvalue weighted by atomic mass is 10.1. The minimum Gasteiger partial charge on any atom is -0.594 e. The van der Waals surface area contributed by atoms with Gasteiger partial charge in [-0.3, -0.25) is 0 Å². The van der Waals surface area contributed by atoms with Crippen molar-refractivity contribution < 1.29 is 4.85 Å². The van der Waals surface area contributed by atoms with Gasteiger partial charge >= 0.3 is 0 Å². The molecule has 88 valence electrons. The lowest BCUT2D eigenvalue weighted by Gasteiger charge is -2.25. The summed E-state index contributed by atoms with van der Waals surface area (Å²) in [6.07, 6.45) is 5.12. The molecule has 1 aliphatic heterocycles. The number of fused-ring (bicyclic) bond motifs is 1. The number of hydrogen-bond donors (Lipinski definition) is 0. The van der Waals surface area contributed by atoms with E-state index in [0.717, 1.165) is 25.9 Å². The number of anilines is 1. The maximum absolute atomic E-state index is 11.7. The first kappa shape index (κ1) is 10.2. The van der Waals surface area contributed by atoms with Crippen molar-refractivity contribution >= 4 is 17.1 Å². The van der Waals surface area contributed by atoms with Gasteiger partial charge in [-0.15, -0.1) is 0 Å². The Labute approximate surface area is 98.5 Å². The highest BCUT2D eigenvalue weighted by atomic mass is 16.5. The van der Waals surface area contributed by atoms with Crippen molar-refractivity contribution in [1.82, 2.24) is 15.1 Å². The molecule has 0 amide bonds. The Morgan fingerprint density at radius 2 is 2.06 bits per heavy atom. The molecule has 0 unspecified atom stereocenters. The average molecular weight is 231 g/mol. The van der Waals surface area contributed by atoms with Crippen molar-refractivity contribution in [2.45, 2.75) is 19.3 Å². The summed E-state index contributed by atoms with van der Waals surface area (Å²) in [7, 11) is 0. The average Bonchev–Trinajstić information content (AvgIpc) is 2.40. The smallest absolute Gasteiger partial charge is 0.294 e. The highest BCUT2D eigenvalue weighted by Crippen LogP contribution is 2.15. The van der Waals surface area contributed by atoms with Crippen LogP contribution in [0, 0.1) is 5.21 Å². The first-order valence-electron chi connectivity index (χ1n) is 5.82. The van der Waals surface area contributed by atoms with Gasteiger partial charge in [0.05, 0.1) is 5.10 Å². The summed E-state index contributed by atoms with van der Waals surface area (Å²) in [6.45, 7) is 1.83. The van der Waals surface area contributed by atoms with Gasteiger partial charge in [-0.05, 0) is 30.2 Å². The van der Waals surface area contributed by atoms with E-state index in [4.69, 9.17) is 0 Å². The molecule has 17 heavy (non-hydrogen) atoms. The van der Waals surface area contributed by atoms with E-state index in [1.165, 1.54) is 6.42 Å². The second-order valence-corrected chi connectivity index (χ2v) is 4.18. The van der Waals surface area contributed by atoms with Gasteiger partial charge in [-0.25, -0.2) is 4.98 Å². The topological polar surface area (TPSA) is 68.8 Å². The van der Waals surface area contributed by atoms with E-state index < -0.39 is 0 Å². The van der Waals surface area contributed by atoms with Gasteiger partial charge in [0.15, 0.2) is 0 Å². The second kappa shape index (κ2) is 4.12. The van der Waals surface area contributed by atoms with Gasteiger partial charge in [-0.2, -0.15) is 4.98 Å². The van der Waals surface area contributed by atoms with E-state index in [1.807, 2.05) is 4.90 Å². The van der Waals surface area contributed by atoms with Gasteiger partial charge in [0.2, 0.25) is 5.65 Å².